The first-order valence-corrected chi connectivity index (χ1v) is 7.38. The monoisotopic (exact) mass is 254 g/mol. The highest BCUT2D eigenvalue weighted by atomic mass is 14.3. The highest BCUT2D eigenvalue weighted by molar-refractivity contribution is 5.81. The van der Waals surface area contributed by atoms with Gasteiger partial charge >= 0.3 is 0 Å². The van der Waals surface area contributed by atoms with Crippen LogP contribution in [0.5, 0.6) is 0 Å². The summed E-state index contributed by atoms with van der Waals surface area (Å²) < 4.78 is 0. The van der Waals surface area contributed by atoms with Crippen molar-refractivity contribution in [2.75, 3.05) is 0 Å². The van der Waals surface area contributed by atoms with Gasteiger partial charge in [-0.3, -0.25) is 0 Å². The van der Waals surface area contributed by atoms with E-state index in [1.54, 1.807) is 0 Å². The number of hydrogen-bond donors (Lipinski definition) is 0. The van der Waals surface area contributed by atoms with Gasteiger partial charge in [0.05, 0.1) is 0 Å². The highest BCUT2D eigenvalue weighted by Crippen LogP contribution is 2.38. The number of allylic oxidation sites excluding steroid dienone is 4. The van der Waals surface area contributed by atoms with Crippen LogP contribution in [0.1, 0.15) is 45.2 Å². The maximum absolute atomic E-state index is 3.85. The molecule has 0 radical (unpaired) electrons. The molecule has 0 heterocycles. The van der Waals surface area contributed by atoms with Gasteiger partial charge in [-0.15, -0.1) is 0 Å². The summed E-state index contributed by atoms with van der Waals surface area (Å²) in [5.74, 6) is 1.19. The largest absolute Gasteiger partial charge is 0.0991 e. The predicted molar refractivity (Wildman–Crippen MR) is 87.9 cm³/mol. The van der Waals surface area contributed by atoms with Gasteiger partial charge in [-0.25, -0.2) is 0 Å². The van der Waals surface area contributed by atoms with Crippen LogP contribution in [0.15, 0.2) is 49.1 Å². The summed E-state index contributed by atoms with van der Waals surface area (Å²) in [4.78, 5) is 0. The Morgan fingerprint density at radius 3 is 2.58 bits per heavy atom. The summed E-state index contributed by atoms with van der Waals surface area (Å²) in [5, 5.41) is 0. The van der Waals surface area contributed by atoms with Crippen molar-refractivity contribution in [2.24, 2.45) is 11.8 Å². The molecule has 1 aliphatic rings. The van der Waals surface area contributed by atoms with Crippen LogP contribution < -0.4 is 0 Å². The molecule has 0 aliphatic heterocycles. The van der Waals surface area contributed by atoms with Crippen LogP contribution >= 0.6 is 0 Å². The lowest BCUT2D eigenvalue weighted by Gasteiger charge is -2.27. The van der Waals surface area contributed by atoms with Gasteiger partial charge in [-0.2, -0.15) is 0 Å². The molecule has 2 rings (SSSR count). The predicted octanol–water partition coefficient (Wildman–Crippen LogP) is 5.97. The fraction of sp³-hybridized carbons (Fsp3) is 0.368. The van der Waals surface area contributed by atoms with Crippen LogP contribution in [0.25, 0.3) is 11.6 Å². The van der Waals surface area contributed by atoms with Crippen molar-refractivity contribution in [1.82, 2.24) is 0 Å². The van der Waals surface area contributed by atoms with Gasteiger partial charge in [0, 0.05) is 5.92 Å². The van der Waals surface area contributed by atoms with Gasteiger partial charge in [0.2, 0.25) is 0 Å². The average molecular weight is 254 g/mol. The Kier molecular flexibility index (Phi) is 6.35. The molecule has 0 amide bonds. The van der Waals surface area contributed by atoms with Crippen molar-refractivity contribution in [3.05, 3.63) is 60.2 Å². The number of hydrogen-bond acceptors (Lipinski definition) is 0. The van der Waals surface area contributed by atoms with E-state index in [2.05, 4.69) is 62.9 Å². The van der Waals surface area contributed by atoms with E-state index >= 15 is 0 Å². The molecule has 0 aromatic heterocycles. The van der Waals surface area contributed by atoms with Crippen LogP contribution in [0.2, 0.25) is 0 Å². The molecule has 0 spiro atoms. The number of fused-ring (bicyclic) bond motifs is 1. The van der Waals surface area contributed by atoms with Crippen molar-refractivity contribution in [2.45, 2.75) is 34.1 Å². The summed E-state index contributed by atoms with van der Waals surface area (Å²) in [6, 6.07) is 8.60. The summed E-state index contributed by atoms with van der Waals surface area (Å²) in [6.07, 6.45) is 9.86. The molecular weight excluding hydrogens is 228 g/mol. The molecule has 1 aromatic carbocycles. The average Bonchev–Trinajstić information content (AvgIpc) is 2.49. The molecule has 0 saturated heterocycles. The van der Waals surface area contributed by atoms with E-state index in [9.17, 15) is 0 Å². The minimum atomic E-state index is 0.521. The smallest absolute Gasteiger partial charge is 0.00530 e. The van der Waals surface area contributed by atoms with Crippen LogP contribution in [0, 0.1) is 11.8 Å². The Morgan fingerprint density at radius 2 is 1.95 bits per heavy atom. The first-order chi connectivity index (χ1) is 9.27. The van der Waals surface area contributed by atoms with E-state index in [0.717, 1.165) is 0 Å². The van der Waals surface area contributed by atoms with E-state index in [4.69, 9.17) is 0 Å². The molecule has 0 N–H and O–H groups in total. The summed E-state index contributed by atoms with van der Waals surface area (Å²) >= 11 is 0. The second-order valence-corrected chi connectivity index (χ2v) is 4.72. The lowest BCUT2D eigenvalue weighted by Crippen LogP contribution is -2.14. The fourth-order valence-corrected chi connectivity index (χ4v) is 2.47. The van der Waals surface area contributed by atoms with Crippen molar-refractivity contribution in [3.63, 3.8) is 0 Å². The molecule has 0 nitrogen and oxygen atoms in total. The van der Waals surface area contributed by atoms with Crippen LogP contribution in [-0.4, -0.2) is 0 Å². The zero-order valence-corrected chi connectivity index (χ0v) is 12.7. The second kappa shape index (κ2) is 7.78. The Hall–Kier alpha value is -1.56. The third kappa shape index (κ3) is 3.47. The first-order valence-electron chi connectivity index (χ1n) is 7.38. The van der Waals surface area contributed by atoms with Gasteiger partial charge < -0.3 is 0 Å². The van der Waals surface area contributed by atoms with E-state index in [1.807, 2.05) is 19.9 Å². The molecular formula is C19H26. The van der Waals surface area contributed by atoms with E-state index in [1.165, 1.54) is 23.1 Å². The molecule has 19 heavy (non-hydrogen) atoms. The lowest BCUT2D eigenvalue weighted by molar-refractivity contribution is 0.493. The summed E-state index contributed by atoms with van der Waals surface area (Å²) in [5.41, 5.74) is 4.09. The molecule has 102 valence electrons. The van der Waals surface area contributed by atoms with Crippen molar-refractivity contribution in [3.8, 4) is 0 Å². The Labute approximate surface area is 118 Å². The van der Waals surface area contributed by atoms with Gasteiger partial charge in [0.25, 0.3) is 0 Å². The molecule has 2 atom stereocenters. The number of benzene rings is 1. The van der Waals surface area contributed by atoms with Crippen LogP contribution in [0.3, 0.4) is 0 Å². The van der Waals surface area contributed by atoms with Crippen LogP contribution in [-0.2, 0) is 0 Å². The zero-order valence-electron chi connectivity index (χ0n) is 12.7. The quantitative estimate of drug-likeness (QED) is 0.623. The molecule has 1 aliphatic carbocycles. The Bertz CT molecular complexity index is 463. The van der Waals surface area contributed by atoms with Gasteiger partial charge in [0.15, 0.2) is 0 Å². The normalized spacial score (nSPS) is 20.2. The highest BCUT2D eigenvalue weighted by Gasteiger charge is 2.22. The summed E-state index contributed by atoms with van der Waals surface area (Å²) in [6.45, 7) is 12.4. The maximum Gasteiger partial charge on any atom is 0.00530 e. The Morgan fingerprint density at radius 1 is 1.26 bits per heavy atom. The van der Waals surface area contributed by atoms with Gasteiger partial charge in [-0.05, 0) is 22.6 Å². The maximum atomic E-state index is 3.85. The number of rotatable bonds is 3. The molecule has 0 saturated carbocycles. The molecule has 2 unspecified atom stereocenters. The Balaban J connectivity index is 0.000000861. The van der Waals surface area contributed by atoms with Crippen molar-refractivity contribution in [1.29, 1.82) is 0 Å². The standard InChI is InChI=1S/C17H20.C2H6/c1-4-8-17-15(13(3)5-2)12-11-14-9-6-7-10-16(14)17;1-2/h4,6-13,15H,1,5H2,2-3H3;1-2H3/b17-8+;. The minimum Gasteiger partial charge on any atom is -0.0991 e. The third-order valence-electron chi connectivity index (χ3n) is 3.67. The third-order valence-corrected chi connectivity index (χ3v) is 3.67. The van der Waals surface area contributed by atoms with Crippen molar-refractivity contribution < 1.29 is 0 Å². The molecule has 0 bridgehead atoms. The van der Waals surface area contributed by atoms with Crippen molar-refractivity contribution >= 4 is 11.6 Å². The molecule has 0 fully saturated rings. The SMILES string of the molecule is C=C/C=C1/c2ccccc2C=CC1C(C)CC.CC. The summed E-state index contributed by atoms with van der Waals surface area (Å²) in [7, 11) is 0. The molecule has 1 aromatic rings. The molecule has 0 heteroatoms. The fourth-order valence-electron chi connectivity index (χ4n) is 2.47. The zero-order chi connectivity index (χ0) is 14.3. The van der Waals surface area contributed by atoms with E-state index in [-0.39, 0.29) is 0 Å². The second-order valence-electron chi connectivity index (χ2n) is 4.72. The van der Waals surface area contributed by atoms with Gasteiger partial charge in [-0.1, -0.05) is 89.3 Å². The first kappa shape index (κ1) is 15.5. The van der Waals surface area contributed by atoms with E-state index in [0.29, 0.717) is 11.8 Å². The minimum absolute atomic E-state index is 0.521. The topological polar surface area (TPSA) is 0 Å². The lowest BCUT2D eigenvalue weighted by atomic mass is 9.77. The van der Waals surface area contributed by atoms with E-state index < -0.39 is 0 Å². The van der Waals surface area contributed by atoms with Gasteiger partial charge in [0.1, 0.15) is 0 Å². The van der Waals surface area contributed by atoms with Crippen LogP contribution in [0.4, 0.5) is 0 Å².